The van der Waals surface area contributed by atoms with Gasteiger partial charge in [-0.2, -0.15) is 0 Å². The Hall–Kier alpha value is -1.49. The molecule has 14 heavy (non-hydrogen) atoms. The minimum Gasteiger partial charge on any atom is -0.298 e. The van der Waals surface area contributed by atoms with E-state index in [-0.39, 0.29) is 17.9 Å². The molecule has 2 heterocycles. The largest absolute Gasteiger partial charge is 0.298 e. The predicted molar refractivity (Wildman–Crippen MR) is 54.6 cm³/mol. The molecule has 72 valence electrons. The highest BCUT2D eigenvalue weighted by molar-refractivity contribution is 7.16. The van der Waals surface area contributed by atoms with E-state index in [0.717, 1.165) is 4.83 Å². The highest BCUT2D eigenvalue weighted by Crippen LogP contribution is 2.12. The van der Waals surface area contributed by atoms with Crippen LogP contribution in [-0.4, -0.2) is 15.3 Å². The number of rotatable bonds is 2. The van der Waals surface area contributed by atoms with E-state index < -0.39 is 0 Å². The first-order valence-electron chi connectivity index (χ1n) is 4.10. The molecule has 2 rings (SSSR count). The maximum Gasteiger partial charge on any atom is 0.262 e. The second-order valence-electron chi connectivity index (χ2n) is 3.02. The molecule has 0 unspecified atom stereocenters. The highest BCUT2D eigenvalue weighted by atomic mass is 32.1. The van der Waals surface area contributed by atoms with Gasteiger partial charge in [0.25, 0.3) is 5.56 Å². The smallest absolute Gasteiger partial charge is 0.262 e. The van der Waals surface area contributed by atoms with Gasteiger partial charge < -0.3 is 0 Å². The van der Waals surface area contributed by atoms with Crippen molar-refractivity contribution in [1.82, 2.24) is 9.55 Å². The summed E-state index contributed by atoms with van der Waals surface area (Å²) in [6, 6.07) is 1.73. The molecule has 5 heteroatoms. The molecule has 0 saturated heterocycles. The van der Waals surface area contributed by atoms with Gasteiger partial charge in [-0.1, -0.05) is 0 Å². The molecular formula is C9H8N2O2S. The summed E-state index contributed by atoms with van der Waals surface area (Å²) in [5, 5.41) is 2.40. The monoisotopic (exact) mass is 208 g/mol. The number of hydrogen-bond acceptors (Lipinski definition) is 4. The van der Waals surface area contributed by atoms with Crippen LogP contribution < -0.4 is 5.56 Å². The average molecular weight is 208 g/mol. The number of carbonyl (C=O) groups excluding carboxylic acids is 1. The lowest BCUT2D eigenvalue weighted by Gasteiger charge is -2.00. The van der Waals surface area contributed by atoms with Crippen molar-refractivity contribution in [2.75, 3.05) is 0 Å². The van der Waals surface area contributed by atoms with Gasteiger partial charge in [-0.15, -0.1) is 11.3 Å². The Morgan fingerprint density at radius 1 is 1.64 bits per heavy atom. The first-order valence-corrected chi connectivity index (χ1v) is 4.98. The lowest BCUT2D eigenvalue weighted by atomic mass is 10.4. The molecule has 0 fully saturated rings. The minimum absolute atomic E-state index is 0.0523. The maximum absolute atomic E-state index is 11.7. The van der Waals surface area contributed by atoms with Crippen LogP contribution in [0.3, 0.4) is 0 Å². The zero-order valence-electron chi connectivity index (χ0n) is 7.56. The summed E-state index contributed by atoms with van der Waals surface area (Å²) in [6.07, 6.45) is 1.42. The number of nitrogens with zero attached hydrogens (tertiary/aromatic N) is 2. The summed E-state index contributed by atoms with van der Waals surface area (Å²) < 4.78 is 1.33. The van der Waals surface area contributed by atoms with Gasteiger partial charge in [0, 0.05) is 0 Å². The van der Waals surface area contributed by atoms with E-state index in [2.05, 4.69) is 4.98 Å². The minimum atomic E-state index is -0.147. The van der Waals surface area contributed by atoms with E-state index >= 15 is 0 Å². The first-order chi connectivity index (χ1) is 6.68. The quantitative estimate of drug-likeness (QED) is 0.741. The summed E-state index contributed by atoms with van der Waals surface area (Å²) >= 11 is 1.42. The van der Waals surface area contributed by atoms with Gasteiger partial charge in [-0.25, -0.2) is 4.98 Å². The van der Waals surface area contributed by atoms with Gasteiger partial charge in [0.1, 0.15) is 10.6 Å². The second kappa shape index (κ2) is 3.34. The number of carbonyl (C=O) groups is 1. The summed E-state index contributed by atoms with van der Waals surface area (Å²) in [7, 11) is 0. The number of thiophene rings is 1. The predicted octanol–water partition coefficient (Wildman–Crippen LogP) is 1.05. The van der Waals surface area contributed by atoms with Gasteiger partial charge in [0.05, 0.1) is 18.3 Å². The van der Waals surface area contributed by atoms with Gasteiger partial charge >= 0.3 is 0 Å². The first kappa shape index (κ1) is 9.08. The van der Waals surface area contributed by atoms with E-state index in [1.165, 1.54) is 29.2 Å². The topological polar surface area (TPSA) is 52.0 Å². The fourth-order valence-electron chi connectivity index (χ4n) is 1.25. The van der Waals surface area contributed by atoms with Crippen molar-refractivity contribution in [3.05, 3.63) is 28.1 Å². The van der Waals surface area contributed by atoms with E-state index in [1.54, 1.807) is 6.07 Å². The highest BCUT2D eigenvalue weighted by Gasteiger charge is 2.05. The molecule has 0 aliphatic rings. The van der Waals surface area contributed by atoms with Crippen molar-refractivity contribution < 1.29 is 4.79 Å². The standard InChI is InChI=1S/C9H8N2O2S/c1-6(12)4-11-5-10-8-7(9(11)13)2-3-14-8/h2-3,5H,4H2,1H3. The molecule has 0 aliphatic heterocycles. The van der Waals surface area contributed by atoms with Gasteiger partial charge in [0.2, 0.25) is 0 Å². The maximum atomic E-state index is 11.7. The molecular weight excluding hydrogens is 200 g/mol. The lowest BCUT2D eigenvalue weighted by Crippen LogP contribution is -2.22. The number of Topliss-reactive ketones (excluding diaryl/α,β-unsaturated/α-hetero) is 1. The molecule has 2 aromatic rings. The van der Waals surface area contributed by atoms with Crippen LogP contribution in [0.1, 0.15) is 6.92 Å². The molecule has 0 aromatic carbocycles. The van der Waals surface area contributed by atoms with Gasteiger partial charge in [-0.05, 0) is 18.4 Å². The Labute approximate surface area is 83.8 Å². The molecule has 2 aromatic heterocycles. The molecule has 0 N–H and O–H groups in total. The summed E-state index contributed by atoms with van der Waals surface area (Å²) in [6.45, 7) is 1.54. The van der Waals surface area contributed by atoms with Crippen LogP contribution in [-0.2, 0) is 11.3 Å². The third-order valence-electron chi connectivity index (χ3n) is 1.84. The van der Waals surface area contributed by atoms with Crippen molar-refractivity contribution in [2.45, 2.75) is 13.5 Å². The molecule has 0 spiro atoms. The van der Waals surface area contributed by atoms with Gasteiger partial charge in [-0.3, -0.25) is 14.2 Å². The lowest BCUT2D eigenvalue weighted by molar-refractivity contribution is -0.117. The zero-order chi connectivity index (χ0) is 10.1. The van der Waals surface area contributed by atoms with Crippen molar-refractivity contribution in [3.8, 4) is 0 Å². The summed E-state index contributed by atoms with van der Waals surface area (Å²) in [5.74, 6) is -0.0523. The Kier molecular flexibility index (Phi) is 2.17. The molecule has 0 atom stereocenters. The molecule has 0 radical (unpaired) electrons. The molecule has 0 aliphatic carbocycles. The Morgan fingerprint density at radius 2 is 2.43 bits per heavy atom. The van der Waals surface area contributed by atoms with Crippen molar-refractivity contribution in [2.24, 2.45) is 0 Å². The van der Waals surface area contributed by atoms with Crippen LogP contribution in [0, 0.1) is 0 Å². The van der Waals surface area contributed by atoms with Crippen LogP contribution in [0.4, 0.5) is 0 Å². The zero-order valence-corrected chi connectivity index (χ0v) is 8.37. The third kappa shape index (κ3) is 1.46. The van der Waals surface area contributed by atoms with E-state index in [0.29, 0.717) is 5.39 Å². The Balaban J connectivity index is 2.62. The fourth-order valence-corrected chi connectivity index (χ4v) is 1.97. The molecule has 0 saturated carbocycles. The second-order valence-corrected chi connectivity index (χ2v) is 3.91. The molecule has 0 amide bonds. The normalized spacial score (nSPS) is 10.6. The van der Waals surface area contributed by atoms with Crippen molar-refractivity contribution in [3.63, 3.8) is 0 Å². The Bertz CT molecular complexity index is 541. The van der Waals surface area contributed by atoms with Crippen LogP contribution in [0.15, 0.2) is 22.6 Å². The molecule has 0 bridgehead atoms. The molecule has 4 nitrogen and oxygen atoms in total. The Morgan fingerprint density at radius 3 is 3.14 bits per heavy atom. The average Bonchev–Trinajstić information content (AvgIpc) is 2.57. The van der Waals surface area contributed by atoms with Crippen LogP contribution in [0.5, 0.6) is 0 Å². The van der Waals surface area contributed by atoms with Crippen LogP contribution in [0.2, 0.25) is 0 Å². The number of fused-ring (bicyclic) bond motifs is 1. The van der Waals surface area contributed by atoms with Crippen molar-refractivity contribution in [1.29, 1.82) is 0 Å². The number of ketones is 1. The van der Waals surface area contributed by atoms with E-state index in [9.17, 15) is 9.59 Å². The number of aromatic nitrogens is 2. The van der Waals surface area contributed by atoms with E-state index in [1.807, 2.05) is 5.38 Å². The summed E-state index contributed by atoms with van der Waals surface area (Å²) in [5.41, 5.74) is -0.147. The van der Waals surface area contributed by atoms with Gasteiger partial charge in [0.15, 0.2) is 0 Å². The summed E-state index contributed by atoms with van der Waals surface area (Å²) in [4.78, 5) is 27.4. The van der Waals surface area contributed by atoms with Crippen LogP contribution >= 0.6 is 11.3 Å². The van der Waals surface area contributed by atoms with Crippen LogP contribution in [0.25, 0.3) is 10.2 Å². The van der Waals surface area contributed by atoms with E-state index in [4.69, 9.17) is 0 Å². The fraction of sp³-hybridized carbons (Fsp3) is 0.222. The van der Waals surface area contributed by atoms with Crippen molar-refractivity contribution >= 4 is 27.3 Å². The number of hydrogen-bond donors (Lipinski definition) is 0. The third-order valence-corrected chi connectivity index (χ3v) is 2.66. The SMILES string of the molecule is CC(=O)Cn1cnc2sccc2c1=O.